The zero-order chi connectivity index (χ0) is 20.7. The predicted octanol–water partition coefficient (Wildman–Crippen LogP) is 4.65. The molecule has 4 amide bonds. The number of hydrogen-bond donors (Lipinski definition) is 1. The van der Waals surface area contributed by atoms with Crippen molar-refractivity contribution in [3.63, 3.8) is 0 Å². The Bertz CT molecular complexity index is 1180. The van der Waals surface area contributed by atoms with Crippen LogP contribution in [-0.4, -0.2) is 22.4 Å². The lowest BCUT2D eigenvalue weighted by Crippen LogP contribution is -2.54. The molecular formula is C22H18BrN3O3. The lowest BCUT2D eigenvalue weighted by Gasteiger charge is -2.26. The number of carbonyl (C=O) groups excluding carboxylic acids is 3. The normalized spacial score (nSPS) is 16.2. The fourth-order valence-corrected chi connectivity index (χ4v) is 3.68. The summed E-state index contributed by atoms with van der Waals surface area (Å²) in [6, 6.07) is 14.0. The van der Waals surface area contributed by atoms with E-state index in [1.165, 1.54) is 0 Å². The van der Waals surface area contributed by atoms with Crippen molar-refractivity contribution in [1.29, 1.82) is 0 Å². The molecule has 0 atom stereocenters. The smallest absolute Gasteiger partial charge is 0.335 e. The number of benzene rings is 2. The van der Waals surface area contributed by atoms with Gasteiger partial charge in [0.15, 0.2) is 0 Å². The first-order chi connectivity index (χ1) is 13.9. The second-order valence-corrected chi connectivity index (χ2v) is 7.95. The van der Waals surface area contributed by atoms with E-state index in [2.05, 4.69) is 39.7 Å². The molecule has 0 spiro atoms. The lowest BCUT2D eigenvalue weighted by atomic mass is 10.1. The summed E-state index contributed by atoms with van der Waals surface area (Å²) in [5.41, 5.74) is 2.06. The Labute approximate surface area is 175 Å². The highest BCUT2D eigenvalue weighted by atomic mass is 79.9. The van der Waals surface area contributed by atoms with Gasteiger partial charge in [0.1, 0.15) is 5.57 Å². The molecule has 1 fully saturated rings. The van der Waals surface area contributed by atoms with Gasteiger partial charge in [-0.25, -0.2) is 9.69 Å². The summed E-state index contributed by atoms with van der Waals surface area (Å²) in [7, 11) is 0. The number of rotatable bonds is 3. The summed E-state index contributed by atoms with van der Waals surface area (Å²) in [4.78, 5) is 38.8. The fraction of sp³-hybridized carbons (Fsp3) is 0.136. The van der Waals surface area contributed by atoms with Gasteiger partial charge in [0, 0.05) is 33.2 Å². The first-order valence-corrected chi connectivity index (χ1v) is 9.92. The Kier molecular flexibility index (Phi) is 4.84. The van der Waals surface area contributed by atoms with E-state index in [0.29, 0.717) is 5.69 Å². The molecule has 1 aliphatic heterocycles. The van der Waals surface area contributed by atoms with Gasteiger partial charge in [-0.05, 0) is 50.3 Å². The van der Waals surface area contributed by atoms with E-state index < -0.39 is 17.8 Å². The van der Waals surface area contributed by atoms with Gasteiger partial charge >= 0.3 is 6.03 Å². The van der Waals surface area contributed by atoms with Crippen LogP contribution in [0.5, 0.6) is 0 Å². The highest BCUT2D eigenvalue weighted by Gasteiger charge is 2.37. The number of halogens is 1. The average molecular weight is 452 g/mol. The third-order valence-corrected chi connectivity index (χ3v) is 5.34. The van der Waals surface area contributed by atoms with Crippen molar-refractivity contribution in [2.75, 3.05) is 4.90 Å². The monoisotopic (exact) mass is 451 g/mol. The number of nitrogens with one attached hydrogen (secondary N) is 1. The molecule has 146 valence electrons. The standard InChI is InChI=1S/C22H18BrN3O3/c1-13(2)25-12-14(17-5-3-4-6-19(17)25)11-18-20(27)24-22(29)26(21(18)28)16-9-7-15(23)8-10-16/h3-13H,1-2H3,(H,24,27,29)/b18-11-. The topological polar surface area (TPSA) is 71.4 Å². The number of urea groups is 1. The average Bonchev–Trinajstić information content (AvgIpc) is 3.05. The number of carbonyl (C=O) groups is 3. The molecular weight excluding hydrogens is 434 g/mol. The van der Waals surface area contributed by atoms with Gasteiger partial charge in [-0.2, -0.15) is 0 Å². The van der Waals surface area contributed by atoms with Crippen molar-refractivity contribution in [2.24, 2.45) is 0 Å². The first-order valence-electron chi connectivity index (χ1n) is 9.13. The summed E-state index contributed by atoms with van der Waals surface area (Å²) < 4.78 is 2.91. The summed E-state index contributed by atoms with van der Waals surface area (Å²) in [6.07, 6.45) is 3.47. The van der Waals surface area contributed by atoms with Crippen molar-refractivity contribution >= 4 is 56.4 Å². The second kappa shape index (κ2) is 7.33. The highest BCUT2D eigenvalue weighted by Crippen LogP contribution is 2.28. The maximum atomic E-state index is 13.1. The highest BCUT2D eigenvalue weighted by molar-refractivity contribution is 9.10. The molecule has 7 heteroatoms. The molecule has 3 aromatic rings. The Morgan fingerprint density at radius 3 is 2.38 bits per heavy atom. The Morgan fingerprint density at radius 2 is 1.69 bits per heavy atom. The number of nitrogens with zero attached hydrogens (tertiary/aromatic N) is 2. The van der Waals surface area contributed by atoms with Crippen LogP contribution in [0.2, 0.25) is 0 Å². The van der Waals surface area contributed by atoms with Crippen molar-refractivity contribution in [2.45, 2.75) is 19.9 Å². The predicted molar refractivity (Wildman–Crippen MR) is 115 cm³/mol. The molecule has 4 rings (SSSR count). The van der Waals surface area contributed by atoms with Crippen LogP contribution in [0.25, 0.3) is 17.0 Å². The Morgan fingerprint density at radius 1 is 1.00 bits per heavy atom. The number of imide groups is 2. The van der Waals surface area contributed by atoms with E-state index in [0.717, 1.165) is 25.8 Å². The molecule has 1 aromatic heterocycles. The van der Waals surface area contributed by atoms with Crippen LogP contribution in [-0.2, 0) is 9.59 Å². The van der Waals surface area contributed by atoms with Crippen LogP contribution in [0.3, 0.4) is 0 Å². The van der Waals surface area contributed by atoms with Gasteiger partial charge < -0.3 is 4.57 Å². The molecule has 0 bridgehead atoms. The third-order valence-electron chi connectivity index (χ3n) is 4.81. The van der Waals surface area contributed by atoms with E-state index in [1.54, 1.807) is 30.3 Å². The molecule has 29 heavy (non-hydrogen) atoms. The summed E-state index contributed by atoms with van der Waals surface area (Å²) >= 11 is 3.33. The van der Waals surface area contributed by atoms with Crippen molar-refractivity contribution < 1.29 is 14.4 Å². The number of amides is 4. The molecule has 0 aliphatic carbocycles. The molecule has 0 saturated carbocycles. The Hall–Kier alpha value is -3.19. The maximum Gasteiger partial charge on any atom is 0.335 e. The van der Waals surface area contributed by atoms with Crippen LogP contribution < -0.4 is 10.2 Å². The van der Waals surface area contributed by atoms with Crippen LogP contribution in [0, 0.1) is 0 Å². The van der Waals surface area contributed by atoms with E-state index in [4.69, 9.17) is 0 Å². The van der Waals surface area contributed by atoms with Crippen LogP contribution in [0.1, 0.15) is 25.5 Å². The zero-order valence-corrected chi connectivity index (χ0v) is 17.4. The molecule has 2 aromatic carbocycles. The van der Waals surface area contributed by atoms with Gasteiger partial charge in [0.25, 0.3) is 11.8 Å². The molecule has 1 saturated heterocycles. The van der Waals surface area contributed by atoms with E-state index in [9.17, 15) is 14.4 Å². The first kappa shape index (κ1) is 19.1. The van der Waals surface area contributed by atoms with E-state index in [1.807, 2.05) is 30.5 Å². The summed E-state index contributed by atoms with van der Waals surface area (Å²) in [6.45, 7) is 4.13. The quantitative estimate of drug-likeness (QED) is 0.465. The van der Waals surface area contributed by atoms with Gasteiger partial charge in [0.05, 0.1) is 5.69 Å². The minimum absolute atomic E-state index is 0.0841. The maximum absolute atomic E-state index is 13.1. The number of aromatic nitrogens is 1. The fourth-order valence-electron chi connectivity index (χ4n) is 3.41. The zero-order valence-electron chi connectivity index (χ0n) is 15.8. The molecule has 0 unspecified atom stereocenters. The van der Waals surface area contributed by atoms with Gasteiger partial charge in [-0.15, -0.1) is 0 Å². The minimum Gasteiger partial charge on any atom is -0.344 e. The number of barbiturate groups is 1. The van der Waals surface area contributed by atoms with Crippen LogP contribution in [0.15, 0.2) is 64.8 Å². The number of hydrogen-bond acceptors (Lipinski definition) is 3. The van der Waals surface area contributed by atoms with Crippen LogP contribution in [0.4, 0.5) is 10.5 Å². The minimum atomic E-state index is -0.760. The van der Waals surface area contributed by atoms with Crippen molar-refractivity contribution in [1.82, 2.24) is 9.88 Å². The van der Waals surface area contributed by atoms with E-state index >= 15 is 0 Å². The van der Waals surface area contributed by atoms with Gasteiger partial charge in [0.2, 0.25) is 0 Å². The van der Waals surface area contributed by atoms with Gasteiger partial charge in [-0.3, -0.25) is 14.9 Å². The third kappa shape index (κ3) is 3.38. The molecule has 1 aliphatic rings. The summed E-state index contributed by atoms with van der Waals surface area (Å²) in [5.74, 6) is -1.35. The van der Waals surface area contributed by atoms with Crippen LogP contribution >= 0.6 is 15.9 Å². The molecule has 2 heterocycles. The lowest BCUT2D eigenvalue weighted by molar-refractivity contribution is -0.122. The largest absolute Gasteiger partial charge is 0.344 e. The van der Waals surface area contributed by atoms with Crippen molar-refractivity contribution in [3.05, 3.63) is 70.3 Å². The number of para-hydroxylation sites is 1. The molecule has 6 nitrogen and oxygen atoms in total. The molecule has 1 N–H and O–H groups in total. The van der Waals surface area contributed by atoms with E-state index in [-0.39, 0.29) is 11.6 Å². The second-order valence-electron chi connectivity index (χ2n) is 7.04. The summed E-state index contributed by atoms with van der Waals surface area (Å²) in [5, 5.41) is 3.19. The number of fused-ring (bicyclic) bond motifs is 1. The number of anilines is 1. The SMILES string of the molecule is CC(C)n1cc(/C=C2/C(=O)NC(=O)N(c3ccc(Br)cc3)C2=O)c2ccccc21. The van der Waals surface area contributed by atoms with Gasteiger partial charge in [-0.1, -0.05) is 34.1 Å². The van der Waals surface area contributed by atoms with Crippen molar-refractivity contribution in [3.8, 4) is 0 Å². The molecule has 0 radical (unpaired) electrons. The Balaban J connectivity index is 1.82.